The number of rotatable bonds is 4. The average Bonchev–Trinajstić information content (AvgIpc) is 2.72. The number of fused-ring (bicyclic) bond motifs is 1. The highest BCUT2D eigenvalue weighted by atomic mass is 16.5. The molecule has 0 heterocycles. The van der Waals surface area contributed by atoms with E-state index in [0.29, 0.717) is 12.6 Å². The van der Waals surface area contributed by atoms with Crippen molar-refractivity contribution in [3.8, 4) is 5.75 Å². The third-order valence-electron chi connectivity index (χ3n) is 4.28. The van der Waals surface area contributed by atoms with E-state index in [9.17, 15) is 0 Å². The summed E-state index contributed by atoms with van der Waals surface area (Å²) in [5, 5.41) is 3.72. The van der Waals surface area contributed by atoms with Gasteiger partial charge in [0.2, 0.25) is 0 Å². The molecular weight excluding hydrogens is 258 g/mol. The number of hydrogen-bond donors (Lipinski definition) is 1. The summed E-state index contributed by atoms with van der Waals surface area (Å²) in [6.07, 6.45) is 1.11. The molecule has 21 heavy (non-hydrogen) atoms. The Balaban J connectivity index is 1.94. The molecule has 0 fully saturated rings. The number of benzene rings is 2. The number of hydrogen-bond acceptors (Lipinski definition) is 2. The van der Waals surface area contributed by atoms with E-state index in [1.54, 1.807) is 0 Å². The average molecular weight is 281 g/mol. The van der Waals surface area contributed by atoms with Crippen LogP contribution in [0.1, 0.15) is 37.9 Å². The number of nitrogens with one attached hydrogen (secondary N) is 1. The fraction of sp³-hybridized carbons (Fsp3) is 0.368. The second kappa shape index (κ2) is 5.44. The van der Waals surface area contributed by atoms with Gasteiger partial charge in [-0.05, 0) is 42.0 Å². The van der Waals surface area contributed by atoms with Gasteiger partial charge in [-0.2, -0.15) is 0 Å². The van der Waals surface area contributed by atoms with Gasteiger partial charge in [-0.1, -0.05) is 50.2 Å². The second-order valence-corrected chi connectivity index (χ2v) is 6.37. The molecule has 2 heteroatoms. The van der Waals surface area contributed by atoms with Gasteiger partial charge in [-0.25, -0.2) is 0 Å². The van der Waals surface area contributed by atoms with Gasteiger partial charge >= 0.3 is 0 Å². The Morgan fingerprint density at radius 2 is 1.81 bits per heavy atom. The van der Waals surface area contributed by atoms with Gasteiger partial charge in [-0.15, -0.1) is 0 Å². The third-order valence-corrected chi connectivity index (χ3v) is 4.28. The molecule has 1 aliphatic carbocycles. The summed E-state index contributed by atoms with van der Waals surface area (Å²) in [5.41, 5.74) is 4.14. The zero-order chi connectivity index (χ0) is 14.9. The molecule has 110 valence electrons. The van der Waals surface area contributed by atoms with Crippen molar-refractivity contribution in [1.29, 1.82) is 0 Å². The lowest BCUT2D eigenvalue weighted by Gasteiger charge is -2.30. The van der Waals surface area contributed by atoms with Gasteiger partial charge in [0.1, 0.15) is 5.75 Å². The molecule has 0 bridgehead atoms. The van der Waals surface area contributed by atoms with E-state index in [2.05, 4.69) is 55.6 Å². The lowest BCUT2D eigenvalue weighted by atomic mass is 9.85. The molecular formula is C19H23NO. The Morgan fingerprint density at radius 3 is 2.62 bits per heavy atom. The van der Waals surface area contributed by atoms with Crippen molar-refractivity contribution < 1.29 is 4.74 Å². The molecule has 0 aliphatic heterocycles. The first kappa shape index (κ1) is 14.0. The van der Waals surface area contributed by atoms with Gasteiger partial charge in [0.05, 0.1) is 18.3 Å². The molecule has 1 N–H and O–H groups in total. The maximum atomic E-state index is 5.74. The molecule has 2 aromatic rings. The van der Waals surface area contributed by atoms with E-state index in [0.717, 1.165) is 17.9 Å². The normalized spacial score (nSPS) is 19.1. The van der Waals surface area contributed by atoms with Crippen molar-refractivity contribution in [2.75, 3.05) is 11.9 Å². The summed E-state index contributed by atoms with van der Waals surface area (Å²) in [6, 6.07) is 17.3. The number of ether oxygens (including phenoxy) is 1. The minimum atomic E-state index is 0.197. The summed E-state index contributed by atoms with van der Waals surface area (Å²) >= 11 is 0. The first-order chi connectivity index (χ1) is 10.1. The van der Waals surface area contributed by atoms with Crippen molar-refractivity contribution in [2.24, 2.45) is 5.41 Å². The SMILES string of the molecule is CCOc1ccccc1NC1c2ccccc2CC1(C)C. The van der Waals surface area contributed by atoms with Gasteiger partial charge in [0.25, 0.3) is 0 Å². The topological polar surface area (TPSA) is 21.3 Å². The summed E-state index contributed by atoms with van der Waals surface area (Å²) < 4.78 is 5.74. The summed E-state index contributed by atoms with van der Waals surface area (Å²) in [7, 11) is 0. The second-order valence-electron chi connectivity index (χ2n) is 6.37. The molecule has 2 aromatic carbocycles. The van der Waals surface area contributed by atoms with Crippen molar-refractivity contribution in [2.45, 2.75) is 33.2 Å². The Kier molecular flexibility index (Phi) is 3.62. The van der Waals surface area contributed by atoms with Gasteiger partial charge < -0.3 is 10.1 Å². The molecule has 0 saturated carbocycles. The fourth-order valence-electron chi connectivity index (χ4n) is 3.29. The molecule has 0 spiro atoms. The van der Waals surface area contributed by atoms with Crippen LogP contribution >= 0.6 is 0 Å². The van der Waals surface area contributed by atoms with Crippen molar-refractivity contribution >= 4 is 5.69 Å². The molecule has 1 aliphatic rings. The van der Waals surface area contributed by atoms with Crippen LogP contribution in [-0.2, 0) is 6.42 Å². The van der Waals surface area contributed by atoms with Gasteiger partial charge in [0.15, 0.2) is 0 Å². The van der Waals surface area contributed by atoms with Crippen LogP contribution in [0.15, 0.2) is 48.5 Å². The maximum Gasteiger partial charge on any atom is 0.142 e. The highest BCUT2D eigenvalue weighted by Crippen LogP contribution is 2.47. The van der Waals surface area contributed by atoms with Crippen molar-refractivity contribution in [3.63, 3.8) is 0 Å². The lowest BCUT2D eigenvalue weighted by molar-refractivity contribution is 0.328. The number of anilines is 1. The molecule has 0 amide bonds. The van der Waals surface area contributed by atoms with E-state index in [-0.39, 0.29) is 5.41 Å². The van der Waals surface area contributed by atoms with Crippen LogP contribution in [0.2, 0.25) is 0 Å². The minimum Gasteiger partial charge on any atom is -0.492 e. The predicted octanol–water partition coefficient (Wildman–Crippen LogP) is 4.82. The van der Waals surface area contributed by atoms with E-state index >= 15 is 0 Å². The van der Waals surface area contributed by atoms with E-state index < -0.39 is 0 Å². The van der Waals surface area contributed by atoms with Crippen LogP contribution in [0.3, 0.4) is 0 Å². The molecule has 1 unspecified atom stereocenters. The molecule has 0 saturated heterocycles. The Labute approximate surface area is 127 Å². The number of para-hydroxylation sites is 2. The zero-order valence-corrected chi connectivity index (χ0v) is 13.0. The van der Waals surface area contributed by atoms with Crippen LogP contribution < -0.4 is 10.1 Å². The Morgan fingerprint density at radius 1 is 1.10 bits per heavy atom. The predicted molar refractivity (Wildman–Crippen MR) is 87.9 cm³/mol. The molecule has 0 aromatic heterocycles. The van der Waals surface area contributed by atoms with E-state index in [1.165, 1.54) is 11.1 Å². The molecule has 2 nitrogen and oxygen atoms in total. The fourth-order valence-corrected chi connectivity index (χ4v) is 3.29. The Hall–Kier alpha value is -1.96. The summed E-state index contributed by atoms with van der Waals surface area (Å²) in [6.45, 7) is 7.36. The summed E-state index contributed by atoms with van der Waals surface area (Å²) in [4.78, 5) is 0. The standard InChI is InChI=1S/C19H23NO/c1-4-21-17-12-8-7-11-16(17)20-18-15-10-6-5-9-14(15)13-19(18,2)3/h5-12,18,20H,4,13H2,1-3H3. The van der Waals surface area contributed by atoms with Crippen LogP contribution in [0, 0.1) is 5.41 Å². The minimum absolute atomic E-state index is 0.197. The van der Waals surface area contributed by atoms with E-state index in [1.807, 2.05) is 19.1 Å². The maximum absolute atomic E-state index is 5.74. The van der Waals surface area contributed by atoms with Crippen LogP contribution in [0.25, 0.3) is 0 Å². The molecule has 0 radical (unpaired) electrons. The Bertz CT molecular complexity index is 633. The molecule has 1 atom stereocenters. The first-order valence-electron chi connectivity index (χ1n) is 7.68. The first-order valence-corrected chi connectivity index (χ1v) is 7.68. The summed E-state index contributed by atoms with van der Waals surface area (Å²) in [5.74, 6) is 0.931. The third kappa shape index (κ3) is 2.63. The van der Waals surface area contributed by atoms with Gasteiger partial charge in [-0.3, -0.25) is 0 Å². The lowest BCUT2D eigenvalue weighted by Crippen LogP contribution is -2.24. The quantitative estimate of drug-likeness (QED) is 0.867. The van der Waals surface area contributed by atoms with Crippen LogP contribution in [-0.4, -0.2) is 6.61 Å². The largest absolute Gasteiger partial charge is 0.492 e. The smallest absolute Gasteiger partial charge is 0.142 e. The van der Waals surface area contributed by atoms with Crippen molar-refractivity contribution in [3.05, 3.63) is 59.7 Å². The zero-order valence-electron chi connectivity index (χ0n) is 13.0. The highest BCUT2D eigenvalue weighted by Gasteiger charge is 2.38. The van der Waals surface area contributed by atoms with Crippen LogP contribution in [0.5, 0.6) is 5.75 Å². The molecule has 3 rings (SSSR count). The van der Waals surface area contributed by atoms with Crippen molar-refractivity contribution in [1.82, 2.24) is 0 Å². The van der Waals surface area contributed by atoms with Gasteiger partial charge in [0, 0.05) is 0 Å². The monoisotopic (exact) mass is 281 g/mol. The highest BCUT2D eigenvalue weighted by molar-refractivity contribution is 5.59. The van der Waals surface area contributed by atoms with E-state index in [4.69, 9.17) is 4.74 Å². The van der Waals surface area contributed by atoms with Crippen LogP contribution in [0.4, 0.5) is 5.69 Å².